The smallest absolute Gasteiger partial charge is 0.257 e. The van der Waals surface area contributed by atoms with Gasteiger partial charge in [-0.15, -0.1) is 0 Å². The molecule has 6 nitrogen and oxygen atoms in total. The molecule has 1 heterocycles. The Labute approximate surface area is 169 Å². The van der Waals surface area contributed by atoms with Crippen LogP contribution in [0.4, 0.5) is 5.69 Å². The Bertz CT molecular complexity index is 1080. The van der Waals surface area contributed by atoms with E-state index < -0.39 is 5.91 Å². The van der Waals surface area contributed by atoms with Crippen LogP contribution in [-0.4, -0.2) is 22.6 Å². The summed E-state index contributed by atoms with van der Waals surface area (Å²) >= 11 is 0. The highest BCUT2D eigenvalue weighted by Crippen LogP contribution is 2.13. The highest BCUT2D eigenvalue weighted by atomic mass is 16.2. The van der Waals surface area contributed by atoms with E-state index in [9.17, 15) is 14.4 Å². The Kier molecular flexibility index (Phi) is 6.14. The van der Waals surface area contributed by atoms with Gasteiger partial charge in [0, 0.05) is 30.2 Å². The van der Waals surface area contributed by atoms with Crippen molar-refractivity contribution in [3.05, 3.63) is 94.8 Å². The van der Waals surface area contributed by atoms with E-state index in [2.05, 4.69) is 15.6 Å². The summed E-state index contributed by atoms with van der Waals surface area (Å²) < 4.78 is 0. The first kappa shape index (κ1) is 19.9. The fourth-order valence-electron chi connectivity index (χ4n) is 2.79. The number of anilines is 1. The van der Waals surface area contributed by atoms with E-state index in [0.717, 1.165) is 11.1 Å². The maximum Gasteiger partial charge on any atom is 0.257 e. The third-order valence-electron chi connectivity index (χ3n) is 4.49. The molecule has 0 radical (unpaired) electrons. The van der Waals surface area contributed by atoms with Crippen molar-refractivity contribution in [3.63, 3.8) is 0 Å². The Balaban J connectivity index is 1.69. The van der Waals surface area contributed by atoms with Crippen molar-refractivity contribution < 1.29 is 14.4 Å². The van der Waals surface area contributed by atoms with Gasteiger partial charge in [0.2, 0.25) is 0 Å². The summed E-state index contributed by atoms with van der Waals surface area (Å²) in [5.74, 6) is -0.809. The first-order chi connectivity index (χ1) is 13.9. The van der Waals surface area contributed by atoms with Crippen molar-refractivity contribution in [1.82, 2.24) is 10.3 Å². The monoisotopic (exact) mass is 387 g/mol. The van der Waals surface area contributed by atoms with Gasteiger partial charge in [-0.2, -0.15) is 0 Å². The second-order valence-corrected chi connectivity index (χ2v) is 6.66. The highest BCUT2D eigenvalue weighted by molar-refractivity contribution is 6.06. The lowest BCUT2D eigenvalue weighted by atomic mass is 10.1. The average Bonchev–Trinajstić information content (AvgIpc) is 2.73. The van der Waals surface area contributed by atoms with Crippen LogP contribution in [0, 0.1) is 6.92 Å². The Morgan fingerprint density at radius 1 is 0.862 bits per heavy atom. The number of ketones is 1. The maximum absolute atomic E-state index is 12.5. The van der Waals surface area contributed by atoms with Gasteiger partial charge in [-0.3, -0.25) is 19.4 Å². The molecule has 2 amide bonds. The van der Waals surface area contributed by atoms with Crippen LogP contribution in [0.5, 0.6) is 0 Å². The zero-order valence-electron chi connectivity index (χ0n) is 16.2. The van der Waals surface area contributed by atoms with Crippen molar-refractivity contribution in [2.75, 3.05) is 5.32 Å². The standard InChI is InChI=1S/C23H21N3O3/c1-15-6-3-4-7-18(15)14-25-22(28)19-10-20(13-24-12-19)23(29)26-21-9-5-8-17(11-21)16(2)27/h3-13H,14H2,1-2H3,(H,25,28)(H,26,29). The van der Waals surface area contributed by atoms with Crippen LogP contribution in [-0.2, 0) is 6.54 Å². The topological polar surface area (TPSA) is 88.2 Å². The van der Waals surface area contributed by atoms with Crippen molar-refractivity contribution >= 4 is 23.3 Å². The third-order valence-corrected chi connectivity index (χ3v) is 4.49. The molecule has 3 aromatic rings. The number of aromatic nitrogens is 1. The van der Waals surface area contributed by atoms with Gasteiger partial charge >= 0.3 is 0 Å². The first-order valence-electron chi connectivity index (χ1n) is 9.14. The zero-order valence-corrected chi connectivity index (χ0v) is 16.2. The lowest BCUT2D eigenvalue weighted by Crippen LogP contribution is -2.24. The number of amides is 2. The number of hydrogen-bond acceptors (Lipinski definition) is 4. The number of hydrogen-bond donors (Lipinski definition) is 2. The molecule has 2 N–H and O–H groups in total. The van der Waals surface area contributed by atoms with Crippen LogP contribution in [0.3, 0.4) is 0 Å². The minimum Gasteiger partial charge on any atom is -0.348 e. The van der Waals surface area contributed by atoms with Crippen LogP contribution in [0.2, 0.25) is 0 Å². The molecule has 0 unspecified atom stereocenters. The number of aryl methyl sites for hydroxylation is 1. The molecule has 3 rings (SSSR count). The second-order valence-electron chi connectivity index (χ2n) is 6.66. The Morgan fingerprint density at radius 3 is 2.31 bits per heavy atom. The molecule has 1 aromatic heterocycles. The fraction of sp³-hybridized carbons (Fsp3) is 0.130. The first-order valence-corrected chi connectivity index (χ1v) is 9.14. The van der Waals surface area contributed by atoms with Gasteiger partial charge < -0.3 is 10.6 Å². The predicted molar refractivity (Wildman–Crippen MR) is 111 cm³/mol. The second kappa shape index (κ2) is 8.93. The van der Waals surface area contributed by atoms with Gasteiger partial charge in [-0.05, 0) is 43.2 Å². The zero-order chi connectivity index (χ0) is 20.8. The molecule has 0 aliphatic rings. The fourth-order valence-corrected chi connectivity index (χ4v) is 2.79. The van der Waals surface area contributed by atoms with E-state index in [4.69, 9.17) is 0 Å². The summed E-state index contributed by atoms with van der Waals surface area (Å²) in [6.45, 7) is 3.83. The number of nitrogens with one attached hydrogen (secondary N) is 2. The number of nitrogens with zero attached hydrogens (tertiary/aromatic N) is 1. The van der Waals surface area contributed by atoms with Crippen molar-refractivity contribution in [3.8, 4) is 0 Å². The summed E-state index contributed by atoms with van der Waals surface area (Å²) in [5, 5.41) is 5.57. The van der Waals surface area contributed by atoms with Crippen molar-refractivity contribution in [2.24, 2.45) is 0 Å². The third kappa shape index (κ3) is 5.13. The number of carbonyl (C=O) groups is 3. The quantitative estimate of drug-likeness (QED) is 0.630. The minimum absolute atomic E-state index is 0.0879. The number of rotatable bonds is 6. The Morgan fingerprint density at radius 2 is 1.59 bits per heavy atom. The lowest BCUT2D eigenvalue weighted by Gasteiger charge is -2.09. The van der Waals surface area contributed by atoms with Crippen LogP contribution in [0.15, 0.2) is 67.0 Å². The summed E-state index contributed by atoms with van der Waals surface area (Å²) in [4.78, 5) is 40.5. The SMILES string of the molecule is CC(=O)c1cccc(NC(=O)c2cncc(C(=O)NCc3ccccc3C)c2)c1. The molecular weight excluding hydrogens is 366 g/mol. The van der Waals surface area contributed by atoms with Gasteiger partial charge in [0.05, 0.1) is 11.1 Å². The molecule has 0 aliphatic carbocycles. The van der Waals surface area contributed by atoms with Crippen molar-refractivity contribution in [1.29, 1.82) is 0 Å². The average molecular weight is 387 g/mol. The molecule has 0 spiro atoms. The molecule has 0 atom stereocenters. The lowest BCUT2D eigenvalue weighted by molar-refractivity contribution is 0.0949. The van der Waals surface area contributed by atoms with E-state index in [0.29, 0.717) is 23.4 Å². The number of carbonyl (C=O) groups excluding carboxylic acids is 3. The molecule has 2 aromatic carbocycles. The van der Waals surface area contributed by atoms with E-state index in [1.165, 1.54) is 25.4 Å². The number of benzene rings is 2. The molecule has 0 bridgehead atoms. The highest BCUT2D eigenvalue weighted by Gasteiger charge is 2.12. The van der Waals surface area contributed by atoms with Crippen LogP contribution < -0.4 is 10.6 Å². The molecule has 0 aliphatic heterocycles. The summed E-state index contributed by atoms with van der Waals surface area (Å²) in [6.07, 6.45) is 2.81. The summed E-state index contributed by atoms with van der Waals surface area (Å²) in [5.41, 5.74) is 3.66. The summed E-state index contributed by atoms with van der Waals surface area (Å²) in [7, 11) is 0. The molecular formula is C23H21N3O3. The Hall–Kier alpha value is -3.80. The normalized spacial score (nSPS) is 10.3. The van der Waals surface area contributed by atoms with Gasteiger partial charge in [0.1, 0.15) is 0 Å². The molecule has 0 fully saturated rings. The minimum atomic E-state index is -0.410. The van der Waals surface area contributed by atoms with Gasteiger partial charge in [0.15, 0.2) is 5.78 Å². The van der Waals surface area contributed by atoms with Gasteiger partial charge in [-0.1, -0.05) is 36.4 Å². The van der Waals surface area contributed by atoms with E-state index in [-0.39, 0.29) is 17.3 Å². The molecule has 6 heteroatoms. The van der Waals surface area contributed by atoms with E-state index in [1.807, 2.05) is 31.2 Å². The predicted octanol–water partition coefficient (Wildman–Crippen LogP) is 3.77. The largest absolute Gasteiger partial charge is 0.348 e. The van der Waals surface area contributed by atoms with Crippen LogP contribution in [0.1, 0.15) is 49.1 Å². The van der Waals surface area contributed by atoms with E-state index in [1.54, 1.807) is 24.3 Å². The molecule has 29 heavy (non-hydrogen) atoms. The maximum atomic E-state index is 12.5. The summed E-state index contributed by atoms with van der Waals surface area (Å²) in [6, 6.07) is 16.0. The molecule has 0 saturated heterocycles. The molecule has 146 valence electrons. The van der Waals surface area contributed by atoms with Crippen LogP contribution in [0.25, 0.3) is 0 Å². The van der Waals surface area contributed by atoms with E-state index >= 15 is 0 Å². The van der Waals surface area contributed by atoms with Crippen LogP contribution >= 0.6 is 0 Å². The number of Topliss-reactive ketones (excluding diaryl/α,β-unsaturated/α-hetero) is 1. The van der Waals surface area contributed by atoms with Crippen molar-refractivity contribution in [2.45, 2.75) is 20.4 Å². The molecule has 0 saturated carbocycles. The van der Waals surface area contributed by atoms with Gasteiger partial charge in [-0.25, -0.2) is 0 Å². The number of pyridine rings is 1. The van der Waals surface area contributed by atoms with Gasteiger partial charge in [0.25, 0.3) is 11.8 Å².